The number of allylic oxidation sites excluding steroid dienone is 1. The van der Waals surface area contributed by atoms with Gasteiger partial charge in [0.1, 0.15) is 12.2 Å². The molecule has 1 heterocycles. The van der Waals surface area contributed by atoms with Crippen molar-refractivity contribution in [1.29, 1.82) is 0 Å². The number of hydrogen-bond donors (Lipinski definition) is 0. The molecule has 33 heavy (non-hydrogen) atoms. The first-order valence-electron chi connectivity index (χ1n) is 10.7. The molecule has 3 rings (SSSR count). The molecule has 0 bridgehead atoms. The van der Waals surface area contributed by atoms with E-state index in [2.05, 4.69) is 12.6 Å². The van der Waals surface area contributed by atoms with Crippen molar-refractivity contribution < 1.29 is 19.1 Å². The van der Waals surface area contributed by atoms with Gasteiger partial charge < -0.3 is 9.47 Å². The van der Waals surface area contributed by atoms with E-state index < -0.39 is 11.8 Å². The summed E-state index contributed by atoms with van der Waals surface area (Å²) in [6, 6.07) is 11.8. The second kappa shape index (κ2) is 10.4. The standard InChI is InChI=1S/C26H28N2O4S/c1-6-9-20-13-19(14-21-24(29)27(4)26(33)28(5)25(21)30)15-22(31-7-2)23(20)32-16-18-11-8-10-17(3)12-18/h6,8,10-15H,1,7,9,16H2,2-5H3. The van der Waals surface area contributed by atoms with Crippen LogP contribution in [0.5, 0.6) is 11.5 Å². The molecule has 2 aromatic carbocycles. The number of amides is 2. The molecule has 0 atom stereocenters. The maximum absolute atomic E-state index is 12.7. The van der Waals surface area contributed by atoms with Gasteiger partial charge in [0.15, 0.2) is 16.6 Å². The minimum absolute atomic E-state index is 0.0361. The van der Waals surface area contributed by atoms with Crippen LogP contribution in [0.15, 0.2) is 54.6 Å². The van der Waals surface area contributed by atoms with Crippen molar-refractivity contribution >= 4 is 35.2 Å². The van der Waals surface area contributed by atoms with E-state index in [9.17, 15) is 9.59 Å². The van der Waals surface area contributed by atoms with Gasteiger partial charge in [0, 0.05) is 19.7 Å². The molecular formula is C26H28N2O4S. The number of carbonyl (C=O) groups is 2. The van der Waals surface area contributed by atoms with Crippen LogP contribution in [0.4, 0.5) is 0 Å². The van der Waals surface area contributed by atoms with Crippen molar-refractivity contribution in [3.8, 4) is 11.5 Å². The quantitative estimate of drug-likeness (QED) is 0.252. The number of nitrogens with zero attached hydrogens (tertiary/aromatic N) is 2. The van der Waals surface area contributed by atoms with Gasteiger partial charge in [0.05, 0.1) is 6.61 Å². The molecule has 0 unspecified atom stereocenters. The van der Waals surface area contributed by atoms with Crippen LogP contribution < -0.4 is 9.47 Å². The first-order chi connectivity index (χ1) is 15.8. The molecule has 2 amide bonds. The van der Waals surface area contributed by atoms with E-state index in [1.54, 1.807) is 32.3 Å². The van der Waals surface area contributed by atoms with Gasteiger partial charge in [-0.3, -0.25) is 19.4 Å². The molecule has 0 N–H and O–H groups in total. The molecule has 0 aliphatic carbocycles. The summed E-state index contributed by atoms with van der Waals surface area (Å²) in [6.07, 6.45) is 3.88. The van der Waals surface area contributed by atoms with Gasteiger partial charge in [-0.15, -0.1) is 6.58 Å². The third kappa shape index (κ3) is 5.31. The molecular weight excluding hydrogens is 436 g/mol. The van der Waals surface area contributed by atoms with Crippen molar-refractivity contribution in [3.63, 3.8) is 0 Å². The molecule has 2 aromatic rings. The lowest BCUT2D eigenvalue weighted by Crippen LogP contribution is -2.52. The third-order valence-corrected chi connectivity index (χ3v) is 5.79. The van der Waals surface area contributed by atoms with Gasteiger partial charge in [-0.2, -0.15) is 0 Å². The van der Waals surface area contributed by atoms with Crippen LogP contribution in [0.3, 0.4) is 0 Å². The Labute approximate surface area is 200 Å². The molecule has 1 saturated heterocycles. The van der Waals surface area contributed by atoms with Crippen molar-refractivity contribution in [1.82, 2.24) is 9.80 Å². The molecule has 1 fully saturated rings. The van der Waals surface area contributed by atoms with Crippen molar-refractivity contribution in [2.24, 2.45) is 0 Å². The summed E-state index contributed by atoms with van der Waals surface area (Å²) in [6.45, 7) is 8.60. The topological polar surface area (TPSA) is 59.1 Å². The van der Waals surface area contributed by atoms with E-state index in [1.165, 1.54) is 9.80 Å². The molecule has 7 heteroatoms. The fourth-order valence-electron chi connectivity index (χ4n) is 3.60. The predicted octanol–water partition coefficient (Wildman–Crippen LogP) is 4.30. The van der Waals surface area contributed by atoms with E-state index in [-0.39, 0.29) is 10.7 Å². The van der Waals surface area contributed by atoms with Gasteiger partial charge in [0.2, 0.25) is 0 Å². The third-order valence-electron chi connectivity index (χ3n) is 5.24. The Morgan fingerprint density at radius 1 is 1.06 bits per heavy atom. The molecule has 1 aliphatic rings. The van der Waals surface area contributed by atoms with E-state index >= 15 is 0 Å². The second-order valence-electron chi connectivity index (χ2n) is 7.78. The Hall–Kier alpha value is -3.45. The number of aryl methyl sites for hydroxylation is 1. The average molecular weight is 465 g/mol. The van der Waals surface area contributed by atoms with E-state index in [4.69, 9.17) is 21.7 Å². The second-order valence-corrected chi connectivity index (χ2v) is 8.14. The highest BCUT2D eigenvalue weighted by atomic mass is 32.1. The Morgan fingerprint density at radius 2 is 1.76 bits per heavy atom. The fraction of sp³-hybridized carbons (Fsp3) is 0.269. The van der Waals surface area contributed by atoms with Crippen molar-refractivity contribution in [2.45, 2.75) is 26.9 Å². The zero-order valence-corrected chi connectivity index (χ0v) is 20.2. The molecule has 0 radical (unpaired) electrons. The SMILES string of the molecule is C=CCc1cc(C=C2C(=O)N(C)C(=S)N(C)C2=O)cc(OCC)c1OCc1cccc(C)c1. The number of benzene rings is 2. The fourth-order valence-corrected chi connectivity index (χ4v) is 3.77. The molecule has 0 aromatic heterocycles. The van der Waals surface area contributed by atoms with Crippen LogP contribution in [-0.2, 0) is 22.6 Å². The maximum atomic E-state index is 12.7. The number of likely N-dealkylation sites (N-methyl/N-ethyl adjacent to an activating group) is 2. The number of ether oxygens (including phenoxy) is 2. The Morgan fingerprint density at radius 3 is 2.36 bits per heavy atom. The van der Waals surface area contributed by atoms with Crippen LogP contribution in [0.2, 0.25) is 0 Å². The molecule has 1 aliphatic heterocycles. The number of rotatable bonds is 8. The van der Waals surface area contributed by atoms with Gasteiger partial charge >= 0.3 is 0 Å². The van der Waals surface area contributed by atoms with Gasteiger partial charge in [-0.25, -0.2) is 0 Å². The first kappa shape index (κ1) is 24.2. The van der Waals surface area contributed by atoms with Crippen molar-refractivity contribution in [3.05, 3.63) is 76.9 Å². The predicted molar refractivity (Wildman–Crippen MR) is 133 cm³/mol. The summed E-state index contributed by atoms with van der Waals surface area (Å²) in [5.41, 5.74) is 3.75. The summed E-state index contributed by atoms with van der Waals surface area (Å²) < 4.78 is 12.1. The Bertz CT molecular complexity index is 1110. The summed E-state index contributed by atoms with van der Waals surface area (Å²) in [4.78, 5) is 28.0. The van der Waals surface area contributed by atoms with Gasteiger partial charge in [-0.05, 0) is 61.8 Å². The van der Waals surface area contributed by atoms with Crippen LogP contribution in [0, 0.1) is 6.92 Å². The number of hydrogen-bond acceptors (Lipinski definition) is 5. The largest absolute Gasteiger partial charge is 0.490 e. The minimum Gasteiger partial charge on any atom is -0.490 e. The van der Waals surface area contributed by atoms with Crippen LogP contribution >= 0.6 is 12.2 Å². The highest BCUT2D eigenvalue weighted by Gasteiger charge is 2.35. The Balaban J connectivity index is 2.02. The van der Waals surface area contributed by atoms with Crippen LogP contribution in [0.1, 0.15) is 29.2 Å². The van der Waals surface area contributed by atoms with Gasteiger partial charge in [-0.1, -0.05) is 35.9 Å². The summed E-state index contributed by atoms with van der Waals surface area (Å²) in [5.74, 6) is 0.290. The normalized spacial score (nSPS) is 13.9. The number of thiocarbonyl (C=S) groups is 1. The molecule has 172 valence electrons. The first-order valence-corrected chi connectivity index (χ1v) is 11.1. The molecule has 0 saturated carbocycles. The molecule has 0 spiro atoms. The summed E-state index contributed by atoms with van der Waals surface area (Å²) in [7, 11) is 3.11. The summed E-state index contributed by atoms with van der Waals surface area (Å²) >= 11 is 5.16. The van der Waals surface area contributed by atoms with E-state index in [0.29, 0.717) is 36.7 Å². The van der Waals surface area contributed by atoms with E-state index in [1.807, 2.05) is 38.1 Å². The maximum Gasteiger partial charge on any atom is 0.265 e. The zero-order chi connectivity index (χ0) is 24.1. The van der Waals surface area contributed by atoms with E-state index in [0.717, 1.165) is 16.7 Å². The lowest BCUT2D eigenvalue weighted by atomic mass is 10.0. The van der Waals surface area contributed by atoms with Crippen molar-refractivity contribution in [2.75, 3.05) is 20.7 Å². The summed E-state index contributed by atoms with van der Waals surface area (Å²) in [5, 5.41) is 0.171. The smallest absolute Gasteiger partial charge is 0.265 e. The lowest BCUT2D eigenvalue weighted by Gasteiger charge is -2.31. The minimum atomic E-state index is -0.439. The average Bonchev–Trinajstić information content (AvgIpc) is 2.79. The molecule has 6 nitrogen and oxygen atoms in total. The highest BCUT2D eigenvalue weighted by molar-refractivity contribution is 7.80. The van der Waals surface area contributed by atoms with Gasteiger partial charge in [0.25, 0.3) is 11.8 Å². The monoisotopic (exact) mass is 464 g/mol. The van der Waals surface area contributed by atoms with Crippen LogP contribution in [-0.4, -0.2) is 47.4 Å². The van der Waals surface area contributed by atoms with Crippen LogP contribution in [0.25, 0.3) is 6.08 Å². The lowest BCUT2D eigenvalue weighted by molar-refractivity contribution is -0.132. The highest BCUT2D eigenvalue weighted by Crippen LogP contribution is 2.35. The zero-order valence-electron chi connectivity index (χ0n) is 19.4. The Kier molecular flexibility index (Phi) is 7.66. The number of carbonyl (C=O) groups excluding carboxylic acids is 2.